The van der Waals surface area contributed by atoms with Crippen molar-refractivity contribution < 1.29 is 0 Å². The Labute approximate surface area is 145 Å². The average molecular weight is 314 g/mol. The van der Waals surface area contributed by atoms with Crippen LogP contribution in [0.3, 0.4) is 0 Å². The molecule has 24 heavy (non-hydrogen) atoms. The van der Waals surface area contributed by atoms with E-state index in [2.05, 4.69) is 90.1 Å². The fraction of sp³-hybridized carbons (Fsp3) is 0.250. The minimum absolute atomic E-state index is 1.30. The van der Waals surface area contributed by atoms with Crippen molar-refractivity contribution in [3.05, 3.63) is 70.1 Å². The van der Waals surface area contributed by atoms with Gasteiger partial charge in [-0.05, 0) is 97.1 Å². The van der Waals surface area contributed by atoms with Crippen molar-refractivity contribution in [2.75, 3.05) is 0 Å². The summed E-state index contributed by atoms with van der Waals surface area (Å²) in [6, 6.07) is 18.1. The van der Waals surface area contributed by atoms with Gasteiger partial charge in [0, 0.05) is 0 Å². The fourth-order valence-corrected chi connectivity index (χ4v) is 3.46. The molecule has 3 aromatic rings. The molecule has 122 valence electrons. The highest BCUT2D eigenvalue weighted by Gasteiger charge is 2.06. The van der Waals surface area contributed by atoms with Gasteiger partial charge < -0.3 is 0 Å². The lowest BCUT2D eigenvalue weighted by molar-refractivity contribution is 1.38. The summed E-state index contributed by atoms with van der Waals surface area (Å²) in [7, 11) is 0. The average Bonchev–Trinajstić information content (AvgIpc) is 2.55. The first kappa shape index (κ1) is 16.5. The van der Waals surface area contributed by atoms with Gasteiger partial charge in [0.1, 0.15) is 0 Å². The van der Waals surface area contributed by atoms with E-state index in [1.165, 1.54) is 54.6 Å². The summed E-state index contributed by atoms with van der Waals surface area (Å²) in [4.78, 5) is 0. The maximum Gasteiger partial charge on any atom is -0.0146 e. The Morgan fingerprint density at radius 1 is 0.583 bits per heavy atom. The lowest BCUT2D eigenvalue weighted by Crippen LogP contribution is -2.27. The smallest absolute Gasteiger partial charge is 0.0146 e. The molecule has 0 spiro atoms. The summed E-state index contributed by atoms with van der Waals surface area (Å²) >= 11 is 0. The Kier molecular flexibility index (Phi) is 4.32. The van der Waals surface area contributed by atoms with Crippen LogP contribution in [0.15, 0.2) is 48.5 Å². The Balaban J connectivity index is 2.34. The normalized spacial score (nSPS) is 10.9. The van der Waals surface area contributed by atoms with Crippen molar-refractivity contribution in [3.8, 4) is 11.1 Å². The molecule has 0 N–H and O–H groups in total. The quantitative estimate of drug-likeness (QED) is 0.556. The summed E-state index contributed by atoms with van der Waals surface area (Å²) in [6.45, 7) is 13.2. The number of rotatable bonds is 1. The van der Waals surface area contributed by atoms with Crippen LogP contribution in [0.25, 0.3) is 33.0 Å². The van der Waals surface area contributed by atoms with Gasteiger partial charge in [0.15, 0.2) is 0 Å². The maximum atomic E-state index is 2.34. The lowest BCUT2D eigenvalue weighted by Gasteiger charge is -2.10. The second kappa shape index (κ2) is 6.28. The van der Waals surface area contributed by atoms with E-state index in [1.807, 2.05) is 0 Å². The molecule has 0 heteroatoms. The molecule has 0 fully saturated rings. The SMILES string of the molecule is CC(C)=c1ccc(-c2cc(C)c3cccc(C)c3c2)cc1=C(C)C. The topological polar surface area (TPSA) is 0 Å². The second-order valence-corrected chi connectivity index (χ2v) is 7.22. The predicted molar refractivity (Wildman–Crippen MR) is 108 cm³/mol. The summed E-state index contributed by atoms with van der Waals surface area (Å²) in [5, 5.41) is 5.42. The highest BCUT2D eigenvalue weighted by atomic mass is 14.1. The summed E-state index contributed by atoms with van der Waals surface area (Å²) in [6.07, 6.45) is 0. The van der Waals surface area contributed by atoms with E-state index in [1.54, 1.807) is 0 Å². The Morgan fingerprint density at radius 3 is 1.96 bits per heavy atom. The van der Waals surface area contributed by atoms with Crippen LogP contribution in [-0.4, -0.2) is 0 Å². The van der Waals surface area contributed by atoms with Gasteiger partial charge in [0.2, 0.25) is 0 Å². The Hall–Kier alpha value is -2.34. The second-order valence-electron chi connectivity index (χ2n) is 7.22. The van der Waals surface area contributed by atoms with Crippen molar-refractivity contribution in [3.63, 3.8) is 0 Å². The first-order chi connectivity index (χ1) is 11.4. The molecule has 0 heterocycles. The van der Waals surface area contributed by atoms with Crippen LogP contribution < -0.4 is 10.4 Å². The number of hydrogen-bond acceptors (Lipinski definition) is 0. The lowest BCUT2D eigenvalue weighted by atomic mass is 9.94. The van der Waals surface area contributed by atoms with Crippen molar-refractivity contribution in [2.45, 2.75) is 41.5 Å². The van der Waals surface area contributed by atoms with Gasteiger partial charge >= 0.3 is 0 Å². The molecule has 0 aliphatic heterocycles. The molecule has 0 unspecified atom stereocenters. The van der Waals surface area contributed by atoms with E-state index in [0.29, 0.717) is 0 Å². The molecule has 3 rings (SSSR count). The molecule has 0 aliphatic rings. The van der Waals surface area contributed by atoms with E-state index in [4.69, 9.17) is 0 Å². The Morgan fingerprint density at radius 2 is 1.29 bits per heavy atom. The zero-order chi connectivity index (χ0) is 17.4. The molecule has 0 nitrogen and oxygen atoms in total. The number of benzene rings is 3. The Bertz CT molecular complexity index is 1040. The van der Waals surface area contributed by atoms with Crippen LogP contribution in [0.4, 0.5) is 0 Å². The van der Waals surface area contributed by atoms with Crippen LogP contribution in [0.5, 0.6) is 0 Å². The molecule has 0 aromatic heterocycles. The molecule has 0 amide bonds. The standard InChI is InChI=1S/C24H26/c1-15(2)21-11-10-19(13-23(21)16(3)4)20-12-18(6)22-9-7-8-17(5)24(22)14-20/h7-14H,1-6H3. The van der Waals surface area contributed by atoms with Crippen LogP contribution in [0.2, 0.25) is 0 Å². The maximum absolute atomic E-state index is 2.34. The van der Waals surface area contributed by atoms with Crippen molar-refractivity contribution in [2.24, 2.45) is 0 Å². The summed E-state index contributed by atoms with van der Waals surface area (Å²) in [5.41, 5.74) is 8.00. The van der Waals surface area contributed by atoms with Gasteiger partial charge in [-0.2, -0.15) is 0 Å². The molecule has 0 radical (unpaired) electrons. The van der Waals surface area contributed by atoms with Crippen LogP contribution in [0, 0.1) is 13.8 Å². The monoisotopic (exact) mass is 314 g/mol. The molecule has 0 atom stereocenters. The van der Waals surface area contributed by atoms with Gasteiger partial charge in [0.25, 0.3) is 0 Å². The van der Waals surface area contributed by atoms with Crippen molar-refractivity contribution >= 4 is 21.9 Å². The van der Waals surface area contributed by atoms with E-state index in [9.17, 15) is 0 Å². The van der Waals surface area contributed by atoms with Crippen molar-refractivity contribution in [1.29, 1.82) is 0 Å². The van der Waals surface area contributed by atoms with Crippen molar-refractivity contribution in [1.82, 2.24) is 0 Å². The highest BCUT2D eigenvalue weighted by Crippen LogP contribution is 2.28. The van der Waals surface area contributed by atoms with E-state index < -0.39 is 0 Å². The number of fused-ring (bicyclic) bond motifs is 1. The summed E-state index contributed by atoms with van der Waals surface area (Å²) in [5.74, 6) is 0. The molecule has 3 aromatic carbocycles. The summed E-state index contributed by atoms with van der Waals surface area (Å²) < 4.78 is 0. The van der Waals surface area contributed by atoms with Gasteiger partial charge in [0.05, 0.1) is 0 Å². The molecular weight excluding hydrogens is 288 g/mol. The predicted octanol–water partition coefficient (Wildman–Crippen LogP) is 5.50. The van der Waals surface area contributed by atoms with E-state index >= 15 is 0 Å². The number of hydrogen-bond donors (Lipinski definition) is 0. The molecule has 0 bridgehead atoms. The molecule has 0 aliphatic carbocycles. The molecular formula is C24H26. The van der Waals surface area contributed by atoms with Gasteiger partial charge in [-0.25, -0.2) is 0 Å². The minimum atomic E-state index is 1.30. The third kappa shape index (κ3) is 2.89. The van der Waals surface area contributed by atoms with Crippen LogP contribution in [0.1, 0.15) is 38.8 Å². The molecule has 0 saturated carbocycles. The van der Waals surface area contributed by atoms with Crippen LogP contribution >= 0.6 is 0 Å². The zero-order valence-electron chi connectivity index (χ0n) is 15.6. The number of aryl methyl sites for hydroxylation is 2. The van der Waals surface area contributed by atoms with E-state index in [-0.39, 0.29) is 0 Å². The third-order valence-corrected chi connectivity index (χ3v) is 4.85. The van der Waals surface area contributed by atoms with Crippen LogP contribution in [-0.2, 0) is 0 Å². The third-order valence-electron chi connectivity index (χ3n) is 4.85. The highest BCUT2D eigenvalue weighted by molar-refractivity contribution is 5.92. The van der Waals surface area contributed by atoms with E-state index in [0.717, 1.165) is 0 Å². The van der Waals surface area contributed by atoms with Gasteiger partial charge in [-0.15, -0.1) is 0 Å². The first-order valence-electron chi connectivity index (χ1n) is 8.64. The van der Waals surface area contributed by atoms with Gasteiger partial charge in [-0.1, -0.05) is 47.5 Å². The largest absolute Gasteiger partial charge is 0.0686 e. The minimum Gasteiger partial charge on any atom is -0.0686 e. The first-order valence-corrected chi connectivity index (χ1v) is 8.64. The molecule has 0 saturated heterocycles. The zero-order valence-corrected chi connectivity index (χ0v) is 15.6. The fourth-order valence-electron chi connectivity index (χ4n) is 3.46. The van der Waals surface area contributed by atoms with Gasteiger partial charge in [-0.3, -0.25) is 0 Å².